The van der Waals surface area contributed by atoms with E-state index in [4.69, 9.17) is 9.47 Å². The van der Waals surface area contributed by atoms with Crippen molar-refractivity contribution in [1.29, 1.82) is 0 Å². The number of amides is 1. The number of hydrogen-bond acceptors (Lipinski definition) is 5. The molecule has 1 unspecified atom stereocenters. The Morgan fingerprint density at radius 1 is 1.18 bits per heavy atom. The van der Waals surface area contributed by atoms with E-state index in [2.05, 4.69) is 22.4 Å². The second-order valence-electron chi connectivity index (χ2n) is 6.33. The van der Waals surface area contributed by atoms with Crippen molar-refractivity contribution in [3.05, 3.63) is 82.3 Å². The van der Waals surface area contributed by atoms with Gasteiger partial charge in [-0.1, -0.05) is 36.4 Å². The van der Waals surface area contributed by atoms with Gasteiger partial charge in [0.15, 0.2) is 0 Å². The Labute approximate surface area is 169 Å². The number of aromatic nitrogens is 1. The van der Waals surface area contributed by atoms with Crippen LogP contribution in [0.25, 0.3) is 0 Å². The number of carbonyl (C=O) groups is 1. The van der Waals surface area contributed by atoms with Gasteiger partial charge in [-0.3, -0.25) is 4.79 Å². The van der Waals surface area contributed by atoms with Gasteiger partial charge in [-0.05, 0) is 37.1 Å². The normalized spacial score (nSPS) is 11.8. The molecule has 1 aromatic heterocycles. The van der Waals surface area contributed by atoms with Gasteiger partial charge in [-0.2, -0.15) is 0 Å². The van der Waals surface area contributed by atoms with Gasteiger partial charge in [-0.25, -0.2) is 4.98 Å². The van der Waals surface area contributed by atoms with Crippen LogP contribution in [0.15, 0.2) is 65.5 Å². The number of carbonyl (C=O) groups excluding carboxylic acids is 1. The molecule has 1 N–H and O–H groups in total. The molecular weight excluding hydrogens is 372 g/mol. The van der Waals surface area contributed by atoms with Crippen LogP contribution in [0.2, 0.25) is 0 Å². The summed E-state index contributed by atoms with van der Waals surface area (Å²) in [6, 6.07) is 17.3. The third kappa shape index (κ3) is 6.18. The molecule has 0 radical (unpaired) electrons. The molecule has 1 amide bonds. The molecule has 0 fully saturated rings. The van der Waals surface area contributed by atoms with Crippen molar-refractivity contribution in [3.63, 3.8) is 0 Å². The molecule has 0 spiro atoms. The summed E-state index contributed by atoms with van der Waals surface area (Å²) in [6.45, 7) is 3.58. The highest BCUT2D eigenvalue weighted by molar-refractivity contribution is 7.07. The minimum Gasteiger partial charge on any atom is -0.487 e. The lowest BCUT2D eigenvalue weighted by Crippen LogP contribution is -2.25. The Hall–Kier alpha value is -2.70. The summed E-state index contributed by atoms with van der Waals surface area (Å²) >= 11 is 1.53. The lowest BCUT2D eigenvalue weighted by molar-refractivity contribution is 0.0635. The first-order valence-corrected chi connectivity index (χ1v) is 10.2. The van der Waals surface area contributed by atoms with Gasteiger partial charge in [0.05, 0.1) is 17.3 Å². The van der Waals surface area contributed by atoms with Crippen molar-refractivity contribution in [2.75, 3.05) is 13.2 Å². The van der Waals surface area contributed by atoms with E-state index < -0.39 is 0 Å². The van der Waals surface area contributed by atoms with Gasteiger partial charge in [-0.15, -0.1) is 11.3 Å². The predicted molar refractivity (Wildman–Crippen MR) is 111 cm³/mol. The maximum Gasteiger partial charge on any atom is 0.251 e. The van der Waals surface area contributed by atoms with Gasteiger partial charge in [0.25, 0.3) is 5.91 Å². The molecule has 0 saturated carbocycles. The Balaban J connectivity index is 1.38. The zero-order chi connectivity index (χ0) is 19.6. The highest BCUT2D eigenvalue weighted by atomic mass is 32.1. The molecule has 1 heterocycles. The Morgan fingerprint density at radius 3 is 2.82 bits per heavy atom. The van der Waals surface area contributed by atoms with E-state index in [1.54, 1.807) is 17.6 Å². The van der Waals surface area contributed by atoms with Crippen molar-refractivity contribution in [2.45, 2.75) is 26.1 Å². The number of ether oxygens (including phenoxy) is 2. The zero-order valence-electron chi connectivity index (χ0n) is 15.8. The molecule has 3 rings (SSSR count). The molecule has 0 bridgehead atoms. The monoisotopic (exact) mass is 396 g/mol. The van der Waals surface area contributed by atoms with Crippen molar-refractivity contribution >= 4 is 17.2 Å². The lowest BCUT2D eigenvalue weighted by atomic mass is 10.1. The second kappa shape index (κ2) is 10.6. The number of rotatable bonds is 10. The molecule has 0 aliphatic rings. The summed E-state index contributed by atoms with van der Waals surface area (Å²) < 4.78 is 11.5. The Morgan fingerprint density at radius 2 is 2.04 bits per heavy atom. The van der Waals surface area contributed by atoms with Gasteiger partial charge in [0.1, 0.15) is 12.4 Å². The fraction of sp³-hybridized carbons (Fsp3) is 0.273. The topological polar surface area (TPSA) is 60.5 Å². The maximum absolute atomic E-state index is 12.3. The van der Waals surface area contributed by atoms with Crippen LogP contribution in [-0.2, 0) is 11.3 Å². The third-order valence-corrected chi connectivity index (χ3v) is 4.85. The van der Waals surface area contributed by atoms with Gasteiger partial charge in [0.2, 0.25) is 0 Å². The van der Waals surface area contributed by atoms with E-state index in [-0.39, 0.29) is 12.0 Å². The summed E-state index contributed by atoms with van der Waals surface area (Å²) in [5.41, 5.74) is 4.38. The minimum atomic E-state index is -0.116. The molecule has 28 heavy (non-hydrogen) atoms. The van der Waals surface area contributed by atoms with E-state index in [1.165, 1.54) is 11.3 Å². The summed E-state index contributed by atoms with van der Waals surface area (Å²) in [5, 5.41) is 4.87. The maximum atomic E-state index is 12.3. The molecule has 1 atom stereocenters. The van der Waals surface area contributed by atoms with Crippen LogP contribution < -0.4 is 10.1 Å². The Bertz CT molecular complexity index is 853. The van der Waals surface area contributed by atoms with Gasteiger partial charge >= 0.3 is 0 Å². The molecule has 2 aromatic carbocycles. The summed E-state index contributed by atoms with van der Waals surface area (Å²) in [4.78, 5) is 16.5. The molecule has 146 valence electrons. The van der Waals surface area contributed by atoms with Gasteiger partial charge < -0.3 is 14.8 Å². The van der Waals surface area contributed by atoms with E-state index >= 15 is 0 Å². The molecular formula is C22H24N2O3S. The summed E-state index contributed by atoms with van der Waals surface area (Å²) in [6.07, 6.45) is 0.798. The SMILES string of the molecule is CC(OCCCNC(=O)c1cccc(OCc2cscn2)c1)c1ccccc1. The highest BCUT2D eigenvalue weighted by Crippen LogP contribution is 2.17. The zero-order valence-corrected chi connectivity index (χ0v) is 16.7. The van der Waals surface area contributed by atoms with Crippen LogP contribution in [0.5, 0.6) is 5.75 Å². The molecule has 3 aromatic rings. The van der Waals surface area contributed by atoms with Crippen LogP contribution in [0.3, 0.4) is 0 Å². The van der Waals surface area contributed by atoms with Crippen LogP contribution in [0.1, 0.15) is 41.1 Å². The number of nitrogens with zero attached hydrogens (tertiary/aromatic N) is 1. The molecule has 6 heteroatoms. The fourth-order valence-corrected chi connectivity index (χ4v) is 3.19. The first kappa shape index (κ1) is 20.0. The van der Waals surface area contributed by atoms with Crippen LogP contribution >= 0.6 is 11.3 Å². The highest BCUT2D eigenvalue weighted by Gasteiger charge is 2.08. The quantitative estimate of drug-likeness (QED) is 0.508. The molecule has 0 saturated heterocycles. The number of nitrogens with one attached hydrogen (secondary N) is 1. The summed E-state index contributed by atoms with van der Waals surface area (Å²) in [5.74, 6) is 0.538. The van der Waals surface area contributed by atoms with Crippen molar-refractivity contribution in [2.24, 2.45) is 0 Å². The number of thiazole rings is 1. The van der Waals surface area contributed by atoms with Crippen molar-refractivity contribution < 1.29 is 14.3 Å². The summed E-state index contributed by atoms with van der Waals surface area (Å²) in [7, 11) is 0. The van der Waals surface area contributed by atoms with E-state index in [0.717, 1.165) is 17.7 Å². The predicted octanol–water partition coefficient (Wildman–Crippen LogP) is 4.62. The Kier molecular flexibility index (Phi) is 7.58. The third-order valence-electron chi connectivity index (χ3n) is 4.21. The second-order valence-corrected chi connectivity index (χ2v) is 7.05. The number of benzene rings is 2. The van der Waals surface area contributed by atoms with Crippen LogP contribution in [0.4, 0.5) is 0 Å². The average Bonchev–Trinajstić information content (AvgIpc) is 3.26. The molecule has 5 nitrogen and oxygen atoms in total. The van der Waals surface area contributed by atoms with Crippen molar-refractivity contribution in [3.8, 4) is 5.75 Å². The standard InChI is InChI=1S/C22H24N2O3S/c1-17(18-7-3-2-4-8-18)26-12-6-11-23-22(25)19-9-5-10-21(13-19)27-14-20-15-28-16-24-20/h2-5,7-10,13,15-17H,6,11-12,14H2,1H3,(H,23,25). The number of hydrogen-bond donors (Lipinski definition) is 1. The largest absolute Gasteiger partial charge is 0.487 e. The molecule has 0 aliphatic carbocycles. The van der Waals surface area contributed by atoms with Crippen LogP contribution in [0, 0.1) is 0 Å². The average molecular weight is 397 g/mol. The van der Waals surface area contributed by atoms with E-state index in [0.29, 0.717) is 31.1 Å². The van der Waals surface area contributed by atoms with Crippen molar-refractivity contribution in [1.82, 2.24) is 10.3 Å². The van der Waals surface area contributed by atoms with E-state index in [9.17, 15) is 4.79 Å². The fourth-order valence-electron chi connectivity index (χ4n) is 2.65. The smallest absolute Gasteiger partial charge is 0.251 e. The lowest BCUT2D eigenvalue weighted by Gasteiger charge is -2.13. The first-order valence-electron chi connectivity index (χ1n) is 9.27. The van der Waals surface area contributed by atoms with Crippen LogP contribution in [-0.4, -0.2) is 24.0 Å². The van der Waals surface area contributed by atoms with Gasteiger partial charge in [0, 0.05) is 24.1 Å². The minimum absolute atomic E-state index is 0.0449. The molecule has 0 aliphatic heterocycles. The van der Waals surface area contributed by atoms with E-state index in [1.807, 2.05) is 42.6 Å². The first-order chi connectivity index (χ1) is 13.7.